The zero-order chi connectivity index (χ0) is 19.3. The van der Waals surface area contributed by atoms with Crippen LogP contribution in [0.15, 0.2) is 36.9 Å². The second-order valence-electron chi connectivity index (χ2n) is 7.70. The fourth-order valence-corrected chi connectivity index (χ4v) is 4.28. The Kier molecular flexibility index (Phi) is 4.16. The van der Waals surface area contributed by atoms with E-state index in [1.807, 2.05) is 29.9 Å². The molecule has 1 aliphatic heterocycles. The molecule has 6 heteroatoms. The van der Waals surface area contributed by atoms with Crippen LogP contribution in [0.3, 0.4) is 0 Å². The van der Waals surface area contributed by atoms with Gasteiger partial charge in [-0.1, -0.05) is 6.92 Å². The molecule has 4 aromatic rings. The van der Waals surface area contributed by atoms with Crippen LogP contribution in [0.5, 0.6) is 0 Å². The number of aromatic nitrogens is 4. The van der Waals surface area contributed by atoms with E-state index in [0.717, 1.165) is 66.1 Å². The van der Waals surface area contributed by atoms with Gasteiger partial charge in [-0.15, -0.1) is 0 Å². The van der Waals surface area contributed by atoms with E-state index in [1.165, 1.54) is 0 Å². The number of halogens is 1. The molecule has 0 bridgehead atoms. The first-order valence-corrected chi connectivity index (χ1v) is 10.00. The summed E-state index contributed by atoms with van der Waals surface area (Å²) in [6.45, 7) is 6.10. The second-order valence-corrected chi connectivity index (χ2v) is 7.70. The van der Waals surface area contributed by atoms with Crippen LogP contribution in [0.1, 0.15) is 42.8 Å². The molecule has 5 rings (SSSR count). The van der Waals surface area contributed by atoms with Crippen LogP contribution in [0.2, 0.25) is 0 Å². The molecule has 144 valence electrons. The molecule has 4 aromatic heterocycles. The summed E-state index contributed by atoms with van der Waals surface area (Å²) in [5, 5.41) is 3.37. The summed E-state index contributed by atoms with van der Waals surface area (Å²) in [6.07, 6.45) is 11.0. The number of rotatable bonds is 3. The predicted molar refractivity (Wildman–Crippen MR) is 108 cm³/mol. The maximum Gasteiger partial charge on any atom is 0.173 e. The first kappa shape index (κ1) is 17.4. The van der Waals surface area contributed by atoms with Crippen molar-refractivity contribution in [2.24, 2.45) is 0 Å². The van der Waals surface area contributed by atoms with E-state index in [1.54, 1.807) is 6.07 Å². The van der Waals surface area contributed by atoms with E-state index >= 15 is 0 Å². The summed E-state index contributed by atoms with van der Waals surface area (Å²) in [4.78, 5) is 9.23. The molecule has 0 radical (unpaired) electrons. The summed E-state index contributed by atoms with van der Waals surface area (Å²) in [7, 11) is 0. The van der Waals surface area contributed by atoms with Gasteiger partial charge in [-0.2, -0.15) is 0 Å². The van der Waals surface area contributed by atoms with Gasteiger partial charge in [0.05, 0.1) is 22.6 Å². The Labute approximate surface area is 163 Å². The highest BCUT2D eigenvalue weighted by Crippen LogP contribution is 2.29. The summed E-state index contributed by atoms with van der Waals surface area (Å²) in [5.41, 5.74) is 6.35. The molecule has 28 heavy (non-hydrogen) atoms. The topological polar surface area (TPSA) is 46.6 Å². The third kappa shape index (κ3) is 2.88. The quantitative estimate of drug-likeness (QED) is 0.584. The second kappa shape index (κ2) is 6.71. The van der Waals surface area contributed by atoms with Crippen LogP contribution in [0, 0.1) is 12.7 Å². The van der Waals surface area contributed by atoms with E-state index in [0.29, 0.717) is 11.6 Å². The van der Waals surface area contributed by atoms with E-state index < -0.39 is 0 Å². The van der Waals surface area contributed by atoms with E-state index in [9.17, 15) is 4.39 Å². The summed E-state index contributed by atoms with van der Waals surface area (Å²) in [5.74, 6) is 0.125. The monoisotopic (exact) mass is 377 g/mol. The molecular formula is C22H24FN5. The number of pyridine rings is 1. The lowest BCUT2D eigenvalue weighted by Gasteiger charge is -2.20. The number of imidazole rings is 1. The normalized spacial score (nSPS) is 15.7. The minimum atomic E-state index is -0.280. The molecule has 1 fully saturated rings. The fraction of sp³-hybridized carbons (Fsp3) is 0.364. The van der Waals surface area contributed by atoms with Crippen molar-refractivity contribution < 1.29 is 4.39 Å². The number of fused-ring (bicyclic) bond motifs is 2. The van der Waals surface area contributed by atoms with Crippen molar-refractivity contribution in [2.75, 3.05) is 13.1 Å². The standard InChI is InChI=1S/C22H24FN5/c1-3-19-21-9-17(11-27(21)10-14(2)25-19)16-8-18(23)22-26-20(13-28(22)12-16)15-4-6-24-7-5-15/h8-13,15,24H,3-7H2,1-2H3. The average Bonchev–Trinajstić information content (AvgIpc) is 3.32. The third-order valence-electron chi connectivity index (χ3n) is 5.73. The number of nitrogens with zero attached hydrogens (tertiary/aromatic N) is 4. The highest BCUT2D eigenvalue weighted by atomic mass is 19.1. The number of aryl methyl sites for hydroxylation is 2. The lowest BCUT2D eigenvalue weighted by molar-refractivity contribution is 0.454. The molecule has 0 spiro atoms. The van der Waals surface area contributed by atoms with Crippen molar-refractivity contribution in [1.82, 2.24) is 24.1 Å². The van der Waals surface area contributed by atoms with Gasteiger partial charge in [-0.25, -0.2) is 9.37 Å². The first-order valence-electron chi connectivity index (χ1n) is 10.00. The van der Waals surface area contributed by atoms with Crippen LogP contribution in [0.25, 0.3) is 22.3 Å². The number of nitrogens with one attached hydrogen (secondary N) is 1. The van der Waals surface area contributed by atoms with Crippen LogP contribution in [0.4, 0.5) is 4.39 Å². The van der Waals surface area contributed by atoms with E-state index in [4.69, 9.17) is 0 Å². The van der Waals surface area contributed by atoms with Gasteiger partial charge in [0.2, 0.25) is 0 Å². The van der Waals surface area contributed by atoms with Gasteiger partial charge in [-0.05, 0) is 51.4 Å². The summed E-state index contributed by atoms with van der Waals surface area (Å²) < 4.78 is 18.8. The van der Waals surface area contributed by atoms with Crippen LogP contribution < -0.4 is 5.32 Å². The molecule has 5 nitrogen and oxygen atoms in total. The SMILES string of the molecule is CCc1nc(C)cn2cc(-c3cc(F)c4nc(C5CCNCC5)cn4c3)cc12. The smallest absolute Gasteiger partial charge is 0.173 e. The van der Waals surface area contributed by atoms with Crippen molar-refractivity contribution in [3.05, 3.63) is 59.8 Å². The molecule has 0 atom stereocenters. The van der Waals surface area contributed by atoms with Gasteiger partial charge in [0.15, 0.2) is 11.5 Å². The molecule has 0 aliphatic carbocycles. The number of hydrogen-bond acceptors (Lipinski definition) is 3. The minimum Gasteiger partial charge on any atom is -0.320 e. The molecule has 1 aliphatic rings. The van der Waals surface area contributed by atoms with Gasteiger partial charge >= 0.3 is 0 Å². The molecular weight excluding hydrogens is 353 g/mol. The van der Waals surface area contributed by atoms with E-state index in [2.05, 4.69) is 38.9 Å². The van der Waals surface area contributed by atoms with Crippen LogP contribution in [-0.4, -0.2) is 31.9 Å². The number of hydrogen-bond donors (Lipinski definition) is 1. The Morgan fingerprint density at radius 2 is 1.79 bits per heavy atom. The zero-order valence-corrected chi connectivity index (χ0v) is 16.2. The van der Waals surface area contributed by atoms with Crippen LogP contribution >= 0.6 is 0 Å². The Balaban J connectivity index is 1.60. The molecule has 0 saturated carbocycles. The molecule has 0 unspecified atom stereocenters. The van der Waals surface area contributed by atoms with Gasteiger partial charge in [0.1, 0.15) is 0 Å². The van der Waals surface area contributed by atoms with Crippen molar-refractivity contribution in [3.63, 3.8) is 0 Å². The third-order valence-corrected chi connectivity index (χ3v) is 5.73. The number of piperidine rings is 1. The van der Waals surface area contributed by atoms with Crippen molar-refractivity contribution >= 4 is 11.2 Å². The maximum absolute atomic E-state index is 14.9. The van der Waals surface area contributed by atoms with Gasteiger partial charge < -0.3 is 14.1 Å². The predicted octanol–water partition coefficient (Wildman–Crippen LogP) is 4.13. The Bertz CT molecular complexity index is 1170. The highest BCUT2D eigenvalue weighted by Gasteiger charge is 2.20. The van der Waals surface area contributed by atoms with Crippen molar-refractivity contribution in [2.45, 2.75) is 39.0 Å². The van der Waals surface area contributed by atoms with Crippen molar-refractivity contribution in [3.8, 4) is 11.1 Å². The summed E-state index contributed by atoms with van der Waals surface area (Å²) in [6, 6.07) is 3.69. The van der Waals surface area contributed by atoms with Crippen molar-refractivity contribution in [1.29, 1.82) is 0 Å². The Morgan fingerprint density at radius 1 is 1.04 bits per heavy atom. The average molecular weight is 377 g/mol. The molecule has 1 N–H and O–H groups in total. The zero-order valence-electron chi connectivity index (χ0n) is 16.2. The lowest BCUT2D eigenvalue weighted by Crippen LogP contribution is -2.26. The lowest BCUT2D eigenvalue weighted by atomic mass is 9.95. The first-order chi connectivity index (χ1) is 13.6. The molecule has 5 heterocycles. The van der Waals surface area contributed by atoms with E-state index in [-0.39, 0.29) is 5.82 Å². The summed E-state index contributed by atoms with van der Waals surface area (Å²) >= 11 is 0. The Morgan fingerprint density at radius 3 is 2.57 bits per heavy atom. The molecule has 0 amide bonds. The van der Waals surface area contributed by atoms with Gasteiger partial charge in [0, 0.05) is 41.8 Å². The van der Waals surface area contributed by atoms with Gasteiger partial charge in [-0.3, -0.25) is 4.98 Å². The largest absolute Gasteiger partial charge is 0.320 e. The maximum atomic E-state index is 14.9. The van der Waals surface area contributed by atoms with Crippen LogP contribution in [-0.2, 0) is 6.42 Å². The molecule has 0 aromatic carbocycles. The molecule has 1 saturated heterocycles. The van der Waals surface area contributed by atoms with Gasteiger partial charge in [0.25, 0.3) is 0 Å². The highest BCUT2D eigenvalue weighted by molar-refractivity contribution is 5.72. The minimum absolute atomic E-state index is 0.280. The fourth-order valence-electron chi connectivity index (χ4n) is 4.28. The Hall–Kier alpha value is -2.73.